The Labute approximate surface area is 115 Å². The van der Waals surface area contributed by atoms with Crippen LogP contribution in [-0.2, 0) is 16.1 Å². The Morgan fingerprint density at radius 1 is 1.55 bits per heavy atom. The van der Waals surface area contributed by atoms with Gasteiger partial charge in [0.2, 0.25) is 5.91 Å². The maximum Gasteiger partial charge on any atom is 0.291 e. The van der Waals surface area contributed by atoms with E-state index in [4.69, 9.17) is 4.74 Å². The summed E-state index contributed by atoms with van der Waals surface area (Å²) < 4.78 is 8.22. The highest BCUT2D eigenvalue weighted by Crippen LogP contribution is 2.10. The zero-order chi connectivity index (χ0) is 13.9. The predicted molar refractivity (Wildman–Crippen MR) is 71.4 cm³/mol. The Hall–Kier alpha value is -2.15. The molecule has 0 radical (unpaired) electrons. The Balaban J connectivity index is 1.64. The molecule has 0 spiro atoms. The first-order valence-corrected chi connectivity index (χ1v) is 6.65. The van der Waals surface area contributed by atoms with Crippen LogP contribution in [0.25, 0.3) is 5.52 Å². The van der Waals surface area contributed by atoms with Crippen LogP contribution in [-0.4, -0.2) is 39.3 Å². The fraction of sp³-hybridized carbons (Fsp3) is 0.462. The third kappa shape index (κ3) is 2.57. The molecule has 1 aliphatic heterocycles. The van der Waals surface area contributed by atoms with Gasteiger partial charge in [0.15, 0.2) is 0 Å². The van der Waals surface area contributed by atoms with E-state index >= 15 is 0 Å². The van der Waals surface area contributed by atoms with Gasteiger partial charge in [-0.3, -0.25) is 9.59 Å². The molecule has 1 saturated heterocycles. The van der Waals surface area contributed by atoms with Gasteiger partial charge >= 0.3 is 0 Å². The molecule has 0 aromatic carbocycles. The SMILES string of the molecule is O=C(Cn1ncn2cccc2c1=O)NC[C@@H]1CCCO1. The molecule has 3 heterocycles. The number of aromatic nitrogens is 3. The largest absolute Gasteiger partial charge is 0.376 e. The van der Waals surface area contributed by atoms with Gasteiger partial charge in [-0.1, -0.05) is 0 Å². The number of hydrogen-bond donors (Lipinski definition) is 1. The van der Waals surface area contributed by atoms with Crippen LogP contribution in [0.3, 0.4) is 0 Å². The number of carbonyl (C=O) groups is 1. The van der Waals surface area contributed by atoms with E-state index in [9.17, 15) is 9.59 Å². The van der Waals surface area contributed by atoms with Gasteiger partial charge in [-0.25, -0.2) is 4.68 Å². The van der Waals surface area contributed by atoms with E-state index in [1.165, 1.54) is 11.0 Å². The van der Waals surface area contributed by atoms with Crippen LogP contribution in [0.1, 0.15) is 12.8 Å². The first kappa shape index (κ1) is 12.9. The molecule has 2 aromatic rings. The van der Waals surface area contributed by atoms with E-state index < -0.39 is 0 Å². The van der Waals surface area contributed by atoms with Gasteiger partial charge in [0, 0.05) is 19.3 Å². The quantitative estimate of drug-likeness (QED) is 0.838. The zero-order valence-corrected chi connectivity index (χ0v) is 11.0. The lowest BCUT2D eigenvalue weighted by atomic mass is 10.2. The maximum absolute atomic E-state index is 12.1. The lowest BCUT2D eigenvalue weighted by Gasteiger charge is -2.11. The summed E-state index contributed by atoms with van der Waals surface area (Å²) in [5.41, 5.74) is 0.233. The van der Waals surface area contributed by atoms with Crippen molar-refractivity contribution < 1.29 is 9.53 Å². The molecule has 0 unspecified atom stereocenters. The fourth-order valence-corrected chi connectivity index (χ4v) is 2.32. The van der Waals surface area contributed by atoms with Crippen molar-refractivity contribution in [2.45, 2.75) is 25.5 Å². The van der Waals surface area contributed by atoms with Gasteiger partial charge in [0.1, 0.15) is 18.4 Å². The number of carbonyl (C=O) groups excluding carboxylic acids is 1. The van der Waals surface area contributed by atoms with Crippen molar-refractivity contribution in [3.05, 3.63) is 35.0 Å². The van der Waals surface area contributed by atoms with Crippen molar-refractivity contribution in [3.63, 3.8) is 0 Å². The van der Waals surface area contributed by atoms with Crippen molar-refractivity contribution in [1.29, 1.82) is 0 Å². The molecule has 0 saturated carbocycles. The summed E-state index contributed by atoms with van der Waals surface area (Å²) in [5.74, 6) is -0.231. The van der Waals surface area contributed by atoms with Crippen molar-refractivity contribution in [2.24, 2.45) is 0 Å². The average Bonchev–Trinajstić information content (AvgIpc) is 3.10. The number of nitrogens with zero attached hydrogens (tertiary/aromatic N) is 3. The Morgan fingerprint density at radius 2 is 2.45 bits per heavy atom. The Kier molecular flexibility index (Phi) is 3.51. The second-order valence-corrected chi connectivity index (χ2v) is 4.83. The summed E-state index contributed by atoms with van der Waals surface area (Å²) in [5, 5.41) is 6.75. The lowest BCUT2D eigenvalue weighted by molar-refractivity contribution is -0.122. The van der Waals surface area contributed by atoms with Crippen LogP contribution < -0.4 is 10.9 Å². The van der Waals surface area contributed by atoms with E-state index in [0.717, 1.165) is 19.4 Å². The predicted octanol–water partition coefficient (Wildman–Crippen LogP) is -0.209. The molecule has 106 valence electrons. The minimum Gasteiger partial charge on any atom is -0.376 e. The van der Waals surface area contributed by atoms with Crippen LogP contribution in [0.15, 0.2) is 29.5 Å². The molecule has 0 bridgehead atoms. The fourth-order valence-electron chi connectivity index (χ4n) is 2.32. The molecule has 20 heavy (non-hydrogen) atoms. The van der Waals surface area contributed by atoms with Crippen LogP contribution in [0.4, 0.5) is 0 Å². The minimum atomic E-state index is -0.273. The smallest absolute Gasteiger partial charge is 0.291 e. The molecule has 3 rings (SSSR count). The highest BCUT2D eigenvalue weighted by atomic mass is 16.5. The van der Waals surface area contributed by atoms with Gasteiger partial charge in [0.25, 0.3) is 5.56 Å². The van der Waals surface area contributed by atoms with Crippen molar-refractivity contribution in [1.82, 2.24) is 19.5 Å². The molecule has 1 N–H and O–H groups in total. The molecule has 1 fully saturated rings. The molecule has 1 amide bonds. The van der Waals surface area contributed by atoms with Gasteiger partial charge < -0.3 is 14.5 Å². The van der Waals surface area contributed by atoms with Gasteiger partial charge in [0.05, 0.1) is 6.10 Å². The summed E-state index contributed by atoms with van der Waals surface area (Å²) in [6, 6.07) is 3.46. The summed E-state index contributed by atoms with van der Waals surface area (Å²) in [6.07, 6.45) is 5.35. The molecular weight excluding hydrogens is 260 g/mol. The van der Waals surface area contributed by atoms with Crippen LogP contribution in [0.2, 0.25) is 0 Å². The number of rotatable bonds is 4. The minimum absolute atomic E-state index is 0.0762. The Bertz CT molecular complexity index is 670. The monoisotopic (exact) mass is 276 g/mol. The van der Waals surface area contributed by atoms with E-state index in [2.05, 4.69) is 10.4 Å². The highest BCUT2D eigenvalue weighted by Gasteiger charge is 2.16. The van der Waals surface area contributed by atoms with E-state index in [0.29, 0.717) is 12.1 Å². The molecule has 1 atom stereocenters. The number of ether oxygens (including phenoxy) is 1. The van der Waals surface area contributed by atoms with E-state index in [1.807, 2.05) is 0 Å². The van der Waals surface area contributed by atoms with Crippen molar-refractivity contribution >= 4 is 11.4 Å². The Morgan fingerprint density at radius 3 is 3.25 bits per heavy atom. The third-order valence-electron chi connectivity index (χ3n) is 3.39. The van der Waals surface area contributed by atoms with Gasteiger partial charge in [-0.15, -0.1) is 0 Å². The van der Waals surface area contributed by atoms with Gasteiger partial charge in [-0.05, 0) is 25.0 Å². The summed E-state index contributed by atoms with van der Waals surface area (Å²) >= 11 is 0. The molecule has 2 aromatic heterocycles. The molecule has 7 heteroatoms. The number of fused-ring (bicyclic) bond motifs is 1. The van der Waals surface area contributed by atoms with Crippen molar-refractivity contribution in [3.8, 4) is 0 Å². The molecule has 0 aliphatic carbocycles. The maximum atomic E-state index is 12.1. The van der Waals surface area contributed by atoms with E-state index in [1.54, 1.807) is 22.7 Å². The zero-order valence-electron chi connectivity index (χ0n) is 11.0. The topological polar surface area (TPSA) is 77.6 Å². The normalized spacial score (nSPS) is 18.5. The highest BCUT2D eigenvalue weighted by molar-refractivity contribution is 5.75. The van der Waals surface area contributed by atoms with Crippen LogP contribution in [0.5, 0.6) is 0 Å². The summed E-state index contributed by atoms with van der Waals surface area (Å²) in [4.78, 5) is 23.9. The summed E-state index contributed by atoms with van der Waals surface area (Å²) in [7, 11) is 0. The number of nitrogens with one attached hydrogen (secondary N) is 1. The standard InChI is InChI=1S/C13H16N4O3/c18-12(14-7-10-3-2-6-20-10)8-17-13(19)11-4-1-5-16(11)9-15-17/h1,4-5,9-10H,2-3,6-8H2,(H,14,18)/t10-/m0/s1. The average molecular weight is 276 g/mol. The van der Waals surface area contributed by atoms with Crippen LogP contribution >= 0.6 is 0 Å². The number of hydrogen-bond acceptors (Lipinski definition) is 4. The van der Waals surface area contributed by atoms with Gasteiger partial charge in [-0.2, -0.15) is 5.10 Å². The molecule has 1 aliphatic rings. The second kappa shape index (κ2) is 5.46. The number of amides is 1. The second-order valence-electron chi connectivity index (χ2n) is 4.83. The lowest BCUT2D eigenvalue weighted by Crippen LogP contribution is -2.37. The molecule has 7 nitrogen and oxygen atoms in total. The van der Waals surface area contributed by atoms with E-state index in [-0.39, 0.29) is 24.1 Å². The first-order valence-electron chi connectivity index (χ1n) is 6.65. The molecular formula is C13H16N4O3. The first-order chi connectivity index (χ1) is 9.74. The third-order valence-corrected chi connectivity index (χ3v) is 3.39. The van der Waals surface area contributed by atoms with Crippen molar-refractivity contribution in [2.75, 3.05) is 13.2 Å². The van der Waals surface area contributed by atoms with Crippen LogP contribution in [0, 0.1) is 0 Å². The summed E-state index contributed by atoms with van der Waals surface area (Å²) in [6.45, 7) is 1.17.